The van der Waals surface area contributed by atoms with Gasteiger partial charge in [-0.3, -0.25) is 9.63 Å². The molecule has 1 aliphatic heterocycles. The summed E-state index contributed by atoms with van der Waals surface area (Å²) in [6, 6.07) is 6.46. The fourth-order valence-electron chi connectivity index (χ4n) is 1.39. The lowest BCUT2D eigenvalue weighted by molar-refractivity contribution is -0.129. The number of phenols is 1. The number of hydrogen-bond acceptors (Lipinski definition) is 3. The van der Waals surface area contributed by atoms with Crippen LogP contribution in [0, 0.1) is 0 Å². The largest absolute Gasteiger partial charge is 0.508 e. The van der Waals surface area contributed by atoms with Crippen LogP contribution in [0.3, 0.4) is 0 Å². The van der Waals surface area contributed by atoms with Crippen molar-refractivity contribution in [2.24, 2.45) is 0 Å². The lowest BCUT2D eigenvalue weighted by Gasteiger charge is -2.25. The highest BCUT2D eigenvalue weighted by Gasteiger charge is 2.20. The van der Waals surface area contributed by atoms with Crippen molar-refractivity contribution in [2.75, 3.05) is 11.7 Å². The van der Waals surface area contributed by atoms with E-state index in [1.54, 1.807) is 18.2 Å². The summed E-state index contributed by atoms with van der Waals surface area (Å²) in [4.78, 5) is 16.6. The summed E-state index contributed by atoms with van der Waals surface area (Å²) in [5, 5.41) is 10.5. The molecule has 2 rings (SSSR count). The van der Waals surface area contributed by atoms with Crippen molar-refractivity contribution in [1.29, 1.82) is 0 Å². The summed E-state index contributed by atoms with van der Waals surface area (Å²) in [5.41, 5.74) is 0.578. The highest BCUT2D eigenvalue weighted by atomic mass is 16.7. The molecule has 0 spiro atoms. The van der Waals surface area contributed by atoms with Crippen LogP contribution >= 0.6 is 0 Å². The summed E-state index contributed by atoms with van der Waals surface area (Å²) in [6.45, 7) is 0.543. The molecule has 0 saturated carbocycles. The van der Waals surface area contributed by atoms with Gasteiger partial charge in [-0.1, -0.05) is 6.07 Å². The summed E-state index contributed by atoms with van der Waals surface area (Å²) in [5.74, 6) is 0.0614. The summed E-state index contributed by atoms with van der Waals surface area (Å²) in [6.07, 6.45) is 1.25. The number of aromatic hydroxyl groups is 1. The second kappa shape index (κ2) is 3.67. The minimum atomic E-state index is -0.0677. The first-order valence-corrected chi connectivity index (χ1v) is 4.52. The molecule has 1 N–H and O–H groups in total. The molecule has 1 aromatic rings. The van der Waals surface area contributed by atoms with Gasteiger partial charge in [0.15, 0.2) is 0 Å². The molecule has 4 heteroatoms. The molecule has 4 nitrogen and oxygen atoms in total. The number of hydrogen-bond donors (Lipinski definition) is 1. The van der Waals surface area contributed by atoms with Gasteiger partial charge in [0.1, 0.15) is 5.75 Å². The van der Waals surface area contributed by atoms with Crippen LogP contribution in [0.2, 0.25) is 0 Å². The number of benzene rings is 1. The molecule has 1 aromatic carbocycles. The number of carbonyl (C=O) groups excluding carboxylic acids is 1. The van der Waals surface area contributed by atoms with E-state index >= 15 is 0 Å². The van der Waals surface area contributed by atoms with Crippen molar-refractivity contribution in [1.82, 2.24) is 0 Å². The summed E-state index contributed by atoms with van der Waals surface area (Å²) in [7, 11) is 0. The van der Waals surface area contributed by atoms with Crippen molar-refractivity contribution >= 4 is 11.6 Å². The molecule has 0 aromatic heterocycles. The van der Waals surface area contributed by atoms with Crippen molar-refractivity contribution in [3.8, 4) is 5.75 Å². The highest BCUT2D eigenvalue weighted by molar-refractivity contribution is 5.91. The zero-order valence-electron chi connectivity index (χ0n) is 7.64. The van der Waals surface area contributed by atoms with Crippen LogP contribution in [0.1, 0.15) is 12.8 Å². The molecule has 1 fully saturated rings. The number of nitrogens with zero attached hydrogens (tertiary/aromatic N) is 1. The molecule has 1 saturated heterocycles. The number of carbonyl (C=O) groups is 1. The maximum atomic E-state index is 11.4. The fourth-order valence-corrected chi connectivity index (χ4v) is 1.39. The molecular formula is C10H11NO3. The smallest absolute Gasteiger partial charge is 0.250 e. The van der Waals surface area contributed by atoms with Crippen LogP contribution in [-0.2, 0) is 9.63 Å². The van der Waals surface area contributed by atoms with Crippen molar-refractivity contribution in [2.45, 2.75) is 12.8 Å². The third-order valence-electron chi connectivity index (χ3n) is 2.05. The van der Waals surface area contributed by atoms with E-state index in [0.717, 1.165) is 6.42 Å². The van der Waals surface area contributed by atoms with Crippen molar-refractivity contribution < 1.29 is 14.7 Å². The van der Waals surface area contributed by atoms with Crippen LogP contribution in [0.5, 0.6) is 5.75 Å². The minimum absolute atomic E-state index is 0.0677. The lowest BCUT2D eigenvalue weighted by atomic mass is 10.2. The van der Waals surface area contributed by atoms with E-state index in [1.807, 2.05) is 0 Å². The van der Waals surface area contributed by atoms with E-state index in [4.69, 9.17) is 4.84 Å². The van der Waals surface area contributed by atoms with E-state index in [1.165, 1.54) is 11.1 Å². The average Bonchev–Trinajstić information content (AvgIpc) is 2.18. The Labute approximate surface area is 81.7 Å². The Hall–Kier alpha value is -1.55. The second-order valence-corrected chi connectivity index (χ2v) is 3.14. The second-order valence-electron chi connectivity index (χ2n) is 3.14. The predicted octanol–water partition coefficient (Wildman–Crippen LogP) is 1.45. The van der Waals surface area contributed by atoms with E-state index in [9.17, 15) is 9.90 Å². The Morgan fingerprint density at radius 1 is 1.43 bits per heavy atom. The molecule has 14 heavy (non-hydrogen) atoms. The Morgan fingerprint density at radius 3 is 3.00 bits per heavy atom. The first-order valence-electron chi connectivity index (χ1n) is 4.52. The molecule has 0 atom stereocenters. The standard InChI is InChI=1S/C10H11NO3/c12-9-4-1-3-8(7-9)11-10(13)5-2-6-14-11/h1,3-4,7,12H,2,5-6H2. The molecule has 0 aliphatic carbocycles. The van der Waals surface area contributed by atoms with Gasteiger partial charge in [-0.05, 0) is 18.6 Å². The van der Waals surface area contributed by atoms with Gasteiger partial charge in [-0.2, -0.15) is 5.06 Å². The van der Waals surface area contributed by atoms with E-state index in [-0.39, 0.29) is 11.7 Å². The molecule has 74 valence electrons. The third kappa shape index (κ3) is 1.70. The van der Waals surface area contributed by atoms with E-state index in [0.29, 0.717) is 18.7 Å². The van der Waals surface area contributed by atoms with Crippen LogP contribution in [0.25, 0.3) is 0 Å². The minimum Gasteiger partial charge on any atom is -0.508 e. The maximum Gasteiger partial charge on any atom is 0.250 e. The van der Waals surface area contributed by atoms with Crippen molar-refractivity contribution in [3.05, 3.63) is 24.3 Å². The lowest BCUT2D eigenvalue weighted by Crippen LogP contribution is -2.35. The molecular weight excluding hydrogens is 182 g/mol. The van der Waals surface area contributed by atoms with Gasteiger partial charge in [0.05, 0.1) is 12.3 Å². The maximum absolute atomic E-state index is 11.4. The van der Waals surface area contributed by atoms with Gasteiger partial charge in [0, 0.05) is 12.5 Å². The van der Waals surface area contributed by atoms with Crippen LogP contribution in [-0.4, -0.2) is 17.6 Å². The first-order chi connectivity index (χ1) is 6.77. The van der Waals surface area contributed by atoms with Crippen LogP contribution in [0.15, 0.2) is 24.3 Å². The normalized spacial score (nSPS) is 17.1. The summed E-state index contributed by atoms with van der Waals surface area (Å²) < 4.78 is 0. The zero-order chi connectivity index (χ0) is 9.97. The third-order valence-corrected chi connectivity index (χ3v) is 2.05. The van der Waals surface area contributed by atoms with Gasteiger partial charge in [0.25, 0.3) is 5.91 Å². The molecule has 0 radical (unpaired) electrons. The molecule has 1 aliphatic rings. The number of amides is 1. The molecule has 1 heterocycles. The number of rotatable bonds is 1. The zero-order valence-corrected chi connectivity index (χ0v) is 7.64. The van der Waals surface area contributed by atoms with E-state index in [2.05, 4.69) is 0 Å². The quantitative estimate of drug-likeness (QED) is 0.734. The predicted molar refractivity (Wildman–Crippen MR) is 50.8 cm³/mol. The number of anilines is 1. The Balaban J connectivity index is 2.24. The van der Waals surface area contributed by atoms with Gasteiger partial charge in [-0.15, -0.1) is 0 Å². The van der Waals surface area contributed by atoms with Crippen molar-refractivity contribution in [3.63, 3.8) is 0 Å². The highest BCUT2D eigenvalue weighted by Crippen LogP contribution is 2.23. The summed E-state index contributed by atoms with van der Waals surface area (Å²) >= 11 is 0. The Bertz CT molecular complexity index is 351. The van der Waals surface area contributed by atoms with Crippen LogP contribution < -0.4 is 5.06 Å². The molecule has 0 bridgehead atoms. The average molecular weight is 193 g/mol. The Morgan fingerprint density at radius 2 is 2.29 bits per heavy atom. The van der Waals surface area contributed by atoms with Crippen LogP contribution in [0.4, 0.5) is 5.69 Å². The van der Waals surface area contributed by atoms with E-state index < -0.39 is 0 Å². The Kier molecular flexibility index (Phi) is 2.37. The van der Waals surface area contributed by atoms with Gasteiger partial charge < -0.3 is 5.11 Å². The van der Waals surface area contributed by atoms with Gasteiger partial charge in [-0.25, -0.2) is 0 Å². The molecule has 0 unspecified atom stereocenters. The van der Waals surface area contributed by atoms with Gasteiger partial charge in [0.2, 0.25) is 0 Å². The topological polar surface area (TPSA) is 49.8 Å². The van der Waals surface area contributed by atoms with Gasteiger partial charge >= 0.3 is 0 Å². The number of hydroxylamine groups is 1. The monoisotopic (exact) mass is 193 g/mol. The SMILES string of the molecule is O=C1CCCON1c1cccc(O)c1. The fraction of sp³-hybridized carbons (Fsp3) is 0.300. The number of phenolic OH excluding ortho intramolecular Hbond substituents is 1. The molecule has 1 amide bonds. The first kappa shape index (κ1) is 9.02.